The Morgan fingerprint density at radius 3 is 2.47 bits per heavy atom. The molecule has 0 aromatic heterocycles. The first kappa shape index (κ1) is 23.0. The summed E-state index contributed by atoms with van der Waals surface area (Å²) in [6.07, 6.45) is 0. The maximum atomic E-state index is 13.1. The van der Waals surface area contributed by atoms with Crippen molar-refractivity contribution in [2.24, 2.45) is 4.99 Å². The Kier molecular flexibility index (Phi) is 6.59. The van der Waals surface area contributed by atoms with E-state index in [9.17, 15) is 4.79 Å². The number of benzene rings is 3. The SMILES string of the molecule is O=C(Nc1ccccc1C1CN2C(CN3CCNCC3)=CSC2=N1)c1ccc(-c2ccccc2)cc1. The maximum Gasteiger partial charge on any atom is 0.255 e. The third-order valence-electron chi connectivity index (χ3n) is 6.92. The lowest BCUT2D eigenvalue weighted by Gasteiger charge is -2.29. The van der Waals surface area contributed by atoms with Crippen LogP contribution in [0.5, 0.6) is 0 Å². The Morgan fingerprint density at radius 1 is 0.944 bits per heavy atom. The molecule has 0 radical (unpaired) electrons. The highest BCUT2D eigenvalue weighted by Crippen LogP contribution is 2.39. The highest BCUT2D eigenvalue weighted by atomic mass is 32.2. The van der Waals surface area contributed by atoms with Crippen molar-refractivity contribution in [1.29, 1.82) is 0 Å². The summed E-state index contributed by atoms with van der Waals surface area (Å²) in [5, 5.41) is 9.86. The number of aliphatic imine (C=N–C) groups is 1. The van der Waals surface area contributed by atoms with Crippen molar-refractivity contribution < 1.29 is 4.79 Å². The van der Waals surface area contributed by atoms with Crippen LogP contribution in [0.1, 0.15) is 22.0 Å². The number of fused-ring (bicyclic) bond motifs is 1. The first-order valence-electron chi connectivity index (χ1n) is 12.4. The van der Waals surface area contributed by atoms with Gasteiger partial charge in [0.1, 0.15) is 0 Å². The second-order valence-electron chi connectivity index (χ2n) is 9.28. The van der Waals surface area contributed by atoms with Crippen molar-refractivity contribution in [1.82, 2.24) is 15.1 Å². The van der Waals surface area contributed by atoms with Gasteiger partial charge in [-0.2, -0.15) is 0 Å². The van der Waals surface area contributed by atoms with Gasteiger partial charge in [0.2, 0.25) is 0 Å². The van der Waals surface area contributed by atoms with Gasteiger partial charge in [-0.25, -0.2) is 0 Å². The molecule has 3 aliphatic rings. The number of para-hydroxylation sites is 1. The van der Waals surface area contributed by atoms with E-state index in [-0.39, 0.29) is 11.9 Å². The molecule has 182 valence electrons. The molecule has 1 saturated heterocycles. The van der Waals surface area contributed by atoms with Crippen LogP contribution >= 0.6 is 11.8 Å². The molecule has 3 aliphatic heterocycles. The van der Waals surface area contributed by atoms with Crippen LogP contribution in [-0.4, -0.2) is 60.1 Å². The van der Waals surface area contributed by atoms with Gasteiger partial charge in [0.05, 0.1) is 12.6 Å². The molecule has 3 aromatic rings. The molecule has 1 unspecified atom stereocenters. The second-order valence-corrected chi connectivity index (χ2v) is 10.1. The minimum atomic E-state index is -0.109. The smallest absolute Gasteiger partial charge is 0.255 e. The highest BCUT2D eigenvalue weighted by molar-refractivity contribution is 8.16. The second kappa shape index (κ2) is 10.3. The van der Waals surface area contributed by atoms with Gasteiger partial charge in [-0.05, 0) is 34.7 Å². The van der Waals surface area contributed by atoms with E-state index in [1.807, 2.05) is 60.7 Å². The molecule has 3 heterocycles. The van der Waals surface area contributed by atoms with Crippen LogP contribution in [-0.2, 0) is 0 Å². The number of amides is 1. The van der Waals surface area contributed by atoms with E-state index in [0.29, 0.717) is 5.56 Å². The summed E-state index contributed by atoms with van der Waals surface area (Å²) in [4.78, 5) is 23.0. The molecule has 2 N–H and O–H groups in total. The zero-order valence-electron chi connectivity index (χ0n) is 20.1. The molecular weight excluding hydrogens is 466 g/mol. The minimum absolute atomic E-state index is 0.00354. The molecule has 1 fully saturated rings. The number of piperazine rings is 1. The van der Waals surface area contributed by atoms with Crippen molar-refractivity contribution in [3.63, 3.8) is 0 Å². The summed E-state index contributed by atoms with van der Waals surface area (Å²) in [6, 6.07) is 26.0. The molecule has 3 aromatic carbocycles. The van der Waals surface area contributed by atoms with Crippen LogP contribution in [0.2, 0.25) is 0 Å². The fourth-order valence-corrected chi connectivity index (χ4v) is 5.89. The number of hydrogen-bond acceptors (Lipinski definition) is 6. The monoisotopic (exact) mass is 495 g/mol. The number of amidine groups is 1. The molecule has 0 spiro atoms. The van der Waals surface area contributed by atoms with Gasteiger partial charge in [0, 0.05) is 55.2 Å². The number of anilines is 1. The van der Waals surface area contributed by atoms with E-state index >= 15 is 0 Å². The van der Waals surface area contributed by atoms with Crippen molar-refractivity contribution in [2.75, 3.05) is 44.6 Å². The van der Waals surface area contributed by atoms with E-state index in [1.165, 1.54) is 5.70 Å². The summed E-state index contributed by atoms with van der Waals surface area (Å²) >= 11 is 1.71. The molecule has 1 atom stereocenters. The van der Waals surface area contributed by atoms with E-state index in [0.717, 1.165) is 66.8 Å². The van der Waals surface area contributed by atoms with Gasteiger partial charge in [0.25, 0.3) is 5.91 Å². The standard InChI is InChI=1S/C29H29N5OS/c35-28(23-12-10-22(11-13-23)21-6-2-1-3-7-21)31-26-9-5-4-8-25(26)27-19-34-24(20-36-29(34)32-27)18-33-16-14-30-15-17-33/h1-13,20,27,30H,14-19H2,(H,31,35). The number of carbonyl (C=O) groups excluding carboxylic acids is 1. The van der Waals surface area contributed by atoms with E-state index in [1.54, 1.807) is 11.8 Å². The highest BCUT2D eigenvalue weighted by Gasteiger charge is 2.34. The molecule has 6 nitrogen and oxygen atoms in total. The fourth-order valence-electron chi connectivity index (χ4n) is 4.94. The molecule has 0 saturated carbocycles. The van der Waals surface area contributed by atoms with Gasteiger partial charge in [-0.1, -0.05) is 72.4 Å². The topological polar surface area (TPSA) is 60.0 Å². The van der Waals surface area contributed by atoms with Crippen molar-refractivity contribution >= 4 is 28.5 Å². The zero-order chi connectivity index (χ0) is 24.3. The van der Waals surface area contributed by atoms with E-state index in [4.69, 9.17) is 4.99 Å². The fraction of sp³-hybridized carbons (Fsp3) is 0.241. The van der Waals surface area contributed by atoms with Gasteiger partial charge < -0.3 is 15.5 Å². The lowest BCUT2D eigenvalue weighted by Crippen LogP contribution is -2.45. The van der Waals surface area contributed by atoms with Crippen molar-refractivity contribution in [2.45, 2.75) is 6.04 Å². The van der Waals surface area contributed by atoms with Crippen LogP contribution in [0.25, 0.3) is 11.1 Å². The van der Waals surface area contributed by atoms with Gasteiger partial charge >= 0.3 is 0 Å². The Morgan fingerprint density at radius 2 is 1.67 bits per heavy atom. The van der Waals surface area contributed by atoms with Crippen molar-refractivity contribution in [3.05, 3.63) is 101 Å². The number of nitrogens with one attached hydrogen (secondary N) is 2. The number of nitrogens with zero attached hydrogens (tertiary/aromatic N) is 3. The number of rotatable bonds is 6. The molecular formula is C29H29N5OS. The average Bonchev–Trinajstić information content (AvgIpc) is 3.52. The van der Waals surface area contributed by atoms with Crippen LogP contribution in [0.4, 0.5) is 5.69 Å². The molecule has 0 aliphatic carbocycles. The molecule has 1 amide bonds. The quantitative estimate of drug-likeness (QED) is 0.514. The first-order valence-corrected chi connectivity index (χ1v) is 13.3. The number of thioether (sulfide) groups is 1. The third-order valence-corrected chi connectivity index (χ3v) is 7.84. The van der Waals surface area contributed by atoms with Crippen LogP contribution in [0.15, 0.2) is 95.0 Å². The van der Waals surface area contributed by atoms with E-state index in [2.05, 4.69) is 44.0 Å². The predicted molar refractivity (Wildman–Crippen MR) is 148 cm³/mol. The largest absolute Gasteiger partial charge is 0.322 e. The first-order chi connectivity index (χ1) is 17.7. The summed E-state index contributed by atoms with van der Waals surface area (Å²) in [5.74, 6) is -0.109. The number of hydrogen-bond donors (Lipinski definition) is 2. The molecule has 6 rings (SSSR count). The Balaban J connectivity index is 1.14. The maximum absolute atomic E-state index is 13.1. The minimum Gasteiger partial charge on any atom is -0.322 e. The lowest BCUT2D eigenvalue weighted by atomic mass is 10.0. The van der Waals surface area contributed by atoms with Crippen LogP contribution in [0.3, 0.4) is 0 Å². The van der Waals surface area contributed by atoms with Crippen LogP contribution in [0, 0.1) is 0 Å². The zero-order valence-corrected chi connectivity index (χ0v) is 20.9. The van der Waals surface area contributed by atoms with Gasteiger partial charge in [0.15, 0.2) is 5.17 Å². The Hall–Kier alpha value is -3.39. The lowest BCUT2D eigenvalue weighted by molar-refractivity contribution is 0.102. The average molecular weight is 496 g/mol. The normalized spacial score (nSPS) is 19.6. The van der Waals surface area contributed by atoms with Gasteiger partial charge in [-0.3, -0.25) is 14.7 Å². The molecule has 0 bridgehead atoms. The summed E-state index contributed by atoms with van der Waals surface area (Å²) in [5.41, 5.74) is 6.07. The summed E-state index contributed by atoms with van der Waals surface area (Å²) in [7, 11) is 0. The summed E-state index contributed by atoms with van der Waals surface area (Å²) in [6.45, 7) is 6.01. The molecule has 36 heavy (non-hydrogen) atoms. The third kappa shape index (κ3) is 4.82. The van der Waals surface area contributed by atoms with E-state index < -0.39 is 0 Å². The van der Waals surface area contributed by atoms with Crippen molar-refractivity contribution in [3.8, 4) is 11.1 Å². The predicted octanol–water partition coefficient (Wildman–Crippen LogP) is 4.81. The number of carbonyl (C=O) groups is 1. The van der Waals surface area contributed by atoms with Crippen LogP contribution < -0.4 is 10.6 Å². The molecule has 7 heteroatoms. The summed E-state index contributed by atoms with van der Waals surface area (Å²) < 4.78 is 0. The Labute approximate surface area is 216 Å². The van der Waals surface area contributed by atoms with Gasteiger partial charge in [-0.15, -0.1) is 0 Å². The Bertz CT molecular complexity index is 1300.